The molecule has 0 aliphatic heterocycles. The largest absolute Gasteiger partial charge is 0.389 e. The van der Waals surface area contributed by atoms with Gasteiger partial charge >= 0.3 is 5.82 Å². The Morgan fingerprint density at radius 2 is 2.44 bits per heavy atom. The predicted molar refractivity (Wildman–Crippen MR) is 66.7 cm³/mol. The number of rotatable bonds is 6. The summed E-state index contributed by atoms with van der Waals surface area (Å²) in [7, 11) is 0. The molecule has 2 aromatic rings. The third kappa shape index (κ3) is 2.80. The van der Waals surface area contributed by atoms with Crippen LogP contribution in [0.2, 0.25) is 0 Å². The fraction of sp³-hybridized carbons (Fsp3) is 0.444. The Morgan fingerprint density at radius 3 is 3.11 bits per heavy atom. The van der Waals surface area contributed by atoms with Gasteiger partial charge in [-0.15, -0.1) is 5.10 Å². The Balaban J connectivity index is 2.08. The third-order valence-electron chi connectivity index (χ3n) is 2.22. The van der Waals surface area contributed by atoms with Gasteiger partial charge in [-0.25, -0.2) is 0 Å². The number of hydrogen-bond donors (Lipinski definition) is 1. The number of nitro groups is 1. The SMILES string of the molecule is CCCNc1snnc1Cn1ccc([N+](=O)[O-])n1. The van der Waals surface area contributed by atoms with Crippen molar-refractivity contribution in [1.29, 1.82) is 0 Å². The molecule has 2 rings (SSSR count). The molecule has 0 aliphatic rings. The van der Waals surface area contributed by atoms with E-state index in [1.54, 1.807) is 6.20 Å². The molecular formula is C9H12N6O2S. The lowest BCUT2D eigenvalue weighted by atomic mass is 10.4. The second kappa shape index (κ2) is 5.54. The first-order chi connectivity index (χ1) is 8.70. The van der Waals surface area contributed by atoms with E-state index in [9.17, 15) is 10.1 Å². The van der Waals surface area contributed by atoms with Crippen molar-refractivity contribution < 1.29 is 4.92 Å². The average molecular weight is 268 g/mol. The van der Waals surface area contributed by atoms with Crippen LogP contribution in [0, 0.1) is 10.1 Å². The first kappa shape index (κ1) is 12.4. The fourth-order valence-electron chi connectivity index (χ4n) is 1.37. The average Bonchev–Trinajstić information content (AvgIpc) is 2.96. The van der Waals surface area contributed by atoms with Crippen molar-refractivity contribution >= 4 is 22.4 Å². The molecule has 9 heteroatoms. The summed E-state index contributed by atoms with van der Waals surface area (Å²) in [6.45, 7) is 3.28. The summed E-state index contributed by atoms with van der Waals surface area (Å²) in [5.74, 6) is -0.166. The van der Waals surface area contributed by atoms with Crippen LogP contribution in [0.25, 0.3) is 0 Å². The lowest BCUT2D eigenvalue weighted by Crippen LogP contribution is -2.06. The number of nitrogens with one attached hydrogen (secondary N) is 1. The van der Waals surface area contributed by atoms with Crippen LogP contribution in [0.3, 0.4) is 0 Å². The van der Waals surface area contributed by atoms with Crippen molar-refractivity contribution in [3.8, 4) is 0 Å². The van der Waals surface area contributed by atoms with Crippen molar-refractivity contribution in [1.82, 2.24) is 19.4 Å². The van der Waals surface area contributed by atoms with Crippen molar-refractivity contribution in [3.63, 3.8) is 0 Å². The minimum Gasteiger partial charge on any atom is -0.374 e. The molecule has 0 radical (unpaired) electrons. The van der Waals surface area contributed by atoms with E-state index in [0.717, 1.165) is 23.7 Å². The van der Waals surface area contributed by atoms with Crippen molar-refractivity contribution in [2.75, 3.05) is 11.9 Å². The van der Waals surface area contributed by atoms with Crippen LogP contribution in [-0.4, -0.2) is 30.8 Å². The fourth-order valence-corrected chi connectivity index (χ4v) is 1.97. The van der Waals surface area contributed by atoms with Crippen molar-refractivity contribution in [2.45, 2.75) is 19.9 Å². The zero-order chi connectivity index (χ0) is 13.0. The Morgan fingerprint density at radius 1 is 1.61 bits per heavy atom. The highest BCUT2D eigenvalue weighted by molar-refractivity contribution is 7.10. The Bertz CT molecular complexity index is 537. The molecule has 0 spiro atoms. The van der Waals surface area contributed by atoms with Crippen LogP contribution in [0.4, 0.5) is 10.8 Å². The molecule has 1 N–H and O–H groups in total. The van der Waals surface area contributed by atoms with Gasteiger partial charge in [-0.2, -0.15) is 4.68 Å². The van der Waals surface area contributed by atoms with Gasteiger partial charge in [0.25, 0.3) is 0 Å². The standard InChI is InChI=1S/C9H12N6O2S/c1-2-4-10-9-7(11-13-18-9)6-14-5-3-8(12-14)15(16)17/h3,5,10H,2,4,6H2,1H3. The molecule has 0 fully saturated rings. The first-order valence-electron chi connectivity index (χ1n) is 5.43. The second-order valence-corrected chi connectivity index (χ2v) is 4.36. The molecule has 18 heavy (non-hydrogen) atoms. The second-order valence-electron chi connectivity index (χ2n) is 3.60. The zero-order valence-corrected chi connectivity index (χ0v) is 10.6. The van der Waals surface area contributed by atoms with Crippen LogP contribution >= 0.6 is 11.5 Å². The molecule has 0 saturated carbocycles. The van der Waals surface area contributed by atoms with Crippen LogP contribution < -0.4 is 5.32 Å². The molecule has 8 nitrogen and oxygen atoms in total. The van der Waals surface area contributed by atoms with Gasteiger partial charge in [-0.3, -0.25) is 0 Å². The first-order valence-corrected chi connectivity index (χ1v) is 6.21. The topological polar surface area (TPSA) is 98.8 Å². The van der Waals surface area contributed by atoms with Crippen LogP contribution in [-0.2, 0) is 6.54 Å². The highest BCUT2D eigenvalue weighted by Gasteiger charge is 2.14. The molecule has 0 unspecified atom stereocenters. The smallest absolute Gasteiger partial charge is 0.374 e. The lowest BCUT2D eigenvalue weighted by Gasteiger charge is -2.01. The molecule has 0 bridgehead atoms. The summed E-state index contributed by atoms with van der Waals surface area (Å²) in [6.07, 6.45) is 2.56. The van der Waals surface area contributed by atoms with E-state index in [-0.39, 0.29) is 5.82 Å². The summed E-state index contributed by atoms with van der Waals surface area (Å²) in [5, 5.41) is 22.4. The summed E-state index contributed by atoms with van der Waals surface area (Å²) in [4.78, 5) is 9.99. The highest BCUT2D eigenvalue weighted by Crippen LogP contribution is 2.19. The summed E-state index contributed by atoms with van der Waals surface area (Å²) < 4.78 is 5.35. The van der Waals surface area contributed by atoms with E-state index in [0.29, 0.717) is 6.54 Å². The van der Waals surface area contributed by atoms with Gasteiger partial charge in [0.05, 0.1) is 17.4 Å². The molecule has 0 aliphatic carbocycles. The van der Waals surface area contributed by atoms with Crippen LogP contribution in [0.1, 0.15) is 19.0 Å². The molecule has 2 heterocycles. The maximum absolute atomic E-state index is 10.5. The maximum Gasteiger partial charge on any atom is 0.389 e. The highest BCUT2D eigenvalue weighted by atomic mass is 32.1. The number of nitrogens with zero attached hydrogens (tertiary/aromatic N) is 5. The monoisotopic (exact) mass is 268 g/mol. The van der Waals surface area contributed by atoms with Gasteiger partial charge in [-0.05, 0) is 11.3 Å². The third-order valence-corrected chi connectivity index (χ3v) is 2.94. The van der Waals surface area contributed by atoms with E-state index in [2.05, 4.69) is 26.9 Å². The molecule has 0 amide bonds. The summed E-state index contributed by atoms with van der Waals surface area (Å²) in [6, 6.07) is 1.36. The van der Waals surface area contributed by atoms with E-state index >= 15 is 0 Å². The quantitative estimate of drug-likeness (QED) is 0.629. The minimum absolute atomic E-state index is 0.166. The van der Waals surface area contributed by atoms with E-state index < -0.39 is 4.92 Å². The van der Waals surface area contributed by atoms with Gasteiger partial charge in [-0.1, -0.05) is 11.4 Å². The molecular weight excluding hydrogens is 256 g/mol. The molecule has 0 atom stereocenters. The van der Waals surface area contributed by atoms with Crippen LogP contribution in [0.5, 0.6) is 0 Å². The molecule has 0 saturated heterocycles. The van der Waals surface area contributed by atoms with Gasteiger partial charge in [0.2, 0.25) is 0 Å². The van der Waals surface area contributed by atoms with Crippen molar-refractivity contribution in [3.05, 3.63) is 28.1 Å². The Hall–Kier alpha value is -2.03. The Labute approximate surface area is 107 Å². The Kier molecular flexibility index (Phi) is 3.82. The van der Waals surface area contributed by atoms with Crippen LogP contribution in [0.15, 0.2) is 12.3 Å². The summed E-state index contributed by atoms with van der Waals surface area (Å²) in [5.41, 5.74) is 0.742. The minimum atomic E-state index is -0.522. The number of hydrogen-bond acceptors (Lipinski definition) is 7. The van der Waals surface area contributed by atoms with Crippen molar-refractivity contribution in [2.24, 2.45) is 0 Å². The number of anilines is 1. The summed E-state index contributed by atoms with van der Waals surface area (Å²) >= 11 is 1.27. The van der Waals surface area contributed by atoms with Gasteiger partial charge in [0.15, 0.2) is 0 Å². The maximum atomic E-state index is 10.5. The van der Waals surface area contributed by atoms with E-state index in [1.807, 2.05) is 0 Å². The number of aromatic nitrogens is 4. The molecule has 2 aromatic heterocycles. The van der Waals surface area contributed by atoms with Gasteiger partial charge in [0.1, 0.15) is 17.2 Å². The zero-order valence-electron chi connectivity index (χ0n) is 9.74. The van der Waals surface area contributed by atoms with E-state index in [1.165, 1.54) is 22.3 Å². The normalized spacial score (nSPS) is 10.5. The van der Waals surface area contributed by atoms with Gasteiger partial charge in [0, 0.05) is 18.1 Å². The molecule has 0 aromatic carbocycles. The van der Waals surface area contributed by atoms with E-state index in [4.69, 9.17) is 0 Å². The van der Waals surface area contributed by atoms with Gasteiger partial charge < -0.3 is 15.4 Å². The molecule has 96 valence electrons. The predicted octanol–water partition coefficient (Wildman–Crippen LogP) is 1.51. The lowest BCUT2D eigenvalue weighted by molar-refractivity contribution is -0.389.